The van der Waals surface area contributed by atoms with Crippen molar-refractivity contribution in [1.82, 2.24) is 5.32 Å². The third-order valence-corrected chi connectivity index (χ3v) is 3.25. The molecular formula is C14H18BrNO2. The SMILES string of the molecule is C=C(C)COCCNC(=O)c1cccc(Br)c1C. The Morgan fingerprint density at radius 2 is 2.22 bits per heavy atom. The lowest BCUT2D eigenvalue weighted by Gasteiger charge is -2.09. The lowest BCUT2D eigenvalue weighted by Crippen LogP contribution is -2.28. The van der Waals surface area contributed by atoms with Gasteiger partial charge in [0, 0.05) is 16.6 Å². The monoisotopic (exact) mass is 311 g/mol. The second-order valence-electron chi connectivity index (χ2n) is 4.18. The fraction of sp³-hybridized carbons (Fsp3) is 0.357. The zero-order valence-corrected chi connectivity index (χ0v) is 12.3. The maximum atomic E-state index is 11.9. The normalized spacial score (nSPS) is 10.2. The molecule has 4 heteroatoms. The Morgan fingerprint density at radius 3 is 2.89 bits per heavy atom. The zero-order chi connectivity index (χ0) is 13.5. The van der Waals surface area contributed by atoms with Gasteiger partial charge in [0.2, 0.25) is 0 Å². The second-order valence-corrected chi connectivity index (χ2v) is 5.03. The molecule has 0 unspecified atom stereocenters. The third-order valence-electron chi connectivity index (χ3n) is 2.39. The van der Waals surface area contributed by atoms with E-state index in [2.05, 4.69) is 27.8 Å². The summed E-state index contributed by atoms with van der Waals surface area (Å²) in [4.78, 5) is 11.9. The van der Waals surface area contributed by atoms with Gasteiger partial charge in [-0.3, -0.25) is 4.79 Å². The molecule has 0 atom stereocenters. The number of rotatable bonds is 6. The van der Waals surface area contributed by atoms with Gasteiger partial charge in [-0.05, 0) is 31.5 Å². The van der Waals surface area contributed by atoms with E-state index in [1.54, 1.807) is 0 Å². The topological polar surface area (TPSA) is 38.3 Å². The number of halogens is 1. The van der Waals surface area contributed by atoms with E-state index in [1.807, 2.05) is 32.0 Å². The fourth-order valence-electron chi connectivity index (χ4n) is 1.43. The van der Waals surface area contributed by atoms with Crippen LogP contribution in [0.25, 0.3) is 0 Å². The van der Waals surface area contributed by atoms with Crippen LogP contribution in [-0.2, 0) is 4.74 Å². The van der Waals surface area contributed by atoms with Crippen molar-refractivity contribution in [3.63, 3.8) is 0 Å². The molecule has 0 saturated heterocycles. The number of ether oxygens (including phenoxy) is 1. The van der Waals surface area contributed by atoms with Crippen molar-refractivity contribution in [2.75, 3.05) is 19.8 Å². The number of nitrogens with one attached hydrogen (secondary N) is 1. The highest BCUT2D eigenvalue weighted by Gasteiger charge is 2.09. The van der Waals surface area contributed by atoms with E-state index in [0.717, 1.165) is 15.6 Å². The van der Waals surface area contributed by atoms with Crippen LogP contribution in [0.2, 0.25) is 0 Å². The van der Waals surface area contributed by atoms with Crippen LogP contribution >= 0.6 is 15.9 Å². The van der Waals surface area contributed by atoms with Gasteiger partial charge in [0.1, 0.15) is 0 Å². The minimum Gasteiger partial charge on any atom is -0.375 e. The molecule has 0 aliphatic heterocycles. The first-order chi connectivity index (χ1) is 8.52. The van der Waals surface area contributed by atoms with Crippen molar-refractivity contribution < 1.29 is 9.53 Å². The largest absolute Gasteiger partial charge is 0.375 e. The van der Waals surface area contributed by atoms with E-state index < -0.39 is 0 Å². The molecule has 0 fully saturated rings. The van der Waals surface area contributed by atoms with Gasteiger partial charge in [0.05, 0.1) is 13.2 Å². The van der Waals surface area contributed by atoms with Gasteiger partial charge in [-0.15, -0.1) is 0 Å². The zero-order valence-electron chi connectivity index (χ0n) is 10.8. The highest BCUT2D eigenvalue weighted by Crippen LogP contribution is 2.19. The molecule has 0 aliphatic rings. The first kappa shape index (κ1) is 14.9. The molecule has 3 nitrogen and oxygen atoms in total. The number of hydrogen-bond acceptors (Lipinski definition) is 2. The first-order valence-electron chi connectivity index (χ1n) is 5.78. The molecule has 0 heterocycles. The van der Waals surface area contributed by atoms with Gasteiger partial charge < -0.3 is 10.1 Å². The molecule has 0 radical (unpaired) electrons. The van der Waals surface area contributed by atoms with Gasteiger partial charge in [-0.2, -0.15) is 0 Å². The van der Waals surface area contributed by atoms with Crippen molar-refractivity contribution >= 4 is 21.8 Å². The van der Waals surface area contributed by atoms with Crippen LogP contribution in [0.15, 0.2) is 34.8 Å². The number of benzene rings is 1. The molecule has 0 bridgehead atoms. The molecule has 18 heavy (non-hydrogen) atoms. The highest BCUT2D eigenvalue weighted by atomic mass is 79.9. The summed E-state index contributed by atoms with van der Waals surface area (Å²) in [6, 6.07) is 5.58. The summed E-state index contributed by atoms with van der Waals surface area (Å²) in [5.74, 6) is -0.0762. The van der Waals surface area contributed by atoms with E-state index in [4.69, 9.17) is 4.74 Å². The predicted octanol–water partition coefficient (Wildman–Crippen LogP) is 3.08. The first-order valence-corrected chi connectivity index (χ1v) is 6.57. The minimum atomic E-state index is -0.0762. The van der Waals surface area contributed by atoms with Gasteiger partial charge in [-0.1, -0.05) is 34.1 Å². The molecule has 98 valence electrons. The maximum Gasteiger partial charge on any atom is 0.251 e. The van der Waals surface area contributed by atoms with Crippen LogP contribution in [-0.4, -0.2) is 25.7 Å². The van der Waals surface area contributed by atoms with Gasteiger partial charge in [0.15, 0.2) is 0 Å². The van der Waals surface area contributed by atoms with Gasteiger partial charge in [-0.25, -0.2) is 0 Å². The predicted molar refractivity (Wildman–Crippen MR) is 76.8 cm³/mol. The summed E-state index contributed by atoms with van der Waals surface area (Å²) >= 11 is 3.41. The van der Waals surface area contributed by atoms with Crippen LogP contribution in [0, 0.1) is 6.92 Å². The minimum absolute atomic E-state index is 0.0762. The Labute approximate surface area is 116 Å². The summed E-state index contributed by atoms with van der Waals surface area (Å²) in [5.41, 5.74) is 2.60. The highest BCUT2D eigenvalue weighted by molar-refractivity contribution is 9.10. The molecule has 1 amide bonds. The van der Waals surface area contributed by atoms with Crippen LogP contribution in [0.5, 0.6) is 0 Å². The van der Waals surface area contributed by atoms with Crippen LogP contribution in [0.4, 0.5) is 0 Å². The molecule has 0 spiro atoms. The molecule has 0 aromatic heterocycles. The maximum absolute atomic E-state index is 11.9. The molecule has 1 aromatic carbocycles. The Morgan fingerprint density at radius 1 is 1.50 bits per heavy atom. The fourth-order valence-corrected chi connectivity index (χ4v) is 1.80. The van der Waals surface area contributed by atoms with Gasteiger partial charge in [0.25, 0.3) is 5.91 Å². The molecule has 0 saturated carbocycles. The average Bonchev–Trinajstić information content (AvgIpc) is 2.31. The molecular weight excluding hydrogens is 294 g/mol. The van der Waals surface area contributed by atoms with Crippen LogP contribution in [0.1, 0.15) is 22.8 Å². The van der Waals surface area contributed by atoms with Crippen molar-refractivity contribution in [1.29, 1.82) is 0 Å². The number of carbonyl (C=O) groups excluding carboxylic acids is 1. The standard InChI is InChI=1S/C14H18BrNO2/c1-10(2)9-18-8-7-16-14(17)12-5-4-6-13(15)11(12)3/h4-6H,1,7-9H2,2-3H3,(H,16,17). The van der Waals surface area contributed by atoms with E-state index >= 15 is 0 Å². The van der Waals surface area contributed by atoms with E-state index in [9.17, 15) is 4.79 Å². The van der Waals surface area contributed by atoms with E-state index in [0.29, 0.717) is 25.3 Å². The molecule has 1 aromatic rings. The van der Waals surface area contributed by atoms with Crippen molar-refractivity contribution in [2.45, 2.75) is 13.8 Å². The lowest BCUT2D eigenvalue weighted by atomic mass is 10.1. The summed E-state index contributed by atoms with van der Waals surface area (Å²) in [5, 5.41) is 2.83. The summed E-state index contributed by atoms with van der Waals surface area (Å²) < 4.78 is 6.25. The number of hydrogen-bond donors (Lipinski definition) is 1. The Balaban J connectivity index is 2.41. The average molecular weight is 312 g/mol. The number of carbonyl (C=O) groups is 1. The van der Waals surface area contributed by atoms with E-state index in [1.165, 1.54) is 0 Å². The second kappa shape index (κ2) is 7.34. The Kier molecular flexibility index (Phi) is 6.09. The molecule has 1 rings (SSSR count). The summed E-state index contributed by atoms with van der Waals surface area (Å²) in [7, 11) is 0. The summed E-state index contributed by atoms with van der Waals surface area (Å²) in [6.07, 6.45) is 0. The quantitative estimate of drug-likeness (QED) is 0.647. The Hall–Kier alpha value is -1.13. The van der Waals surface area contributed by atoms with Crippen molar-refractivity contribution in [2.24, 2.45) is 0 Å². The lowest BCUT2D eigenvalue weighted by molar-refractivity contribution is 0.0926. The van der Waals surface area contributed by atoms with Crippen LogP contribution < -0.4 is 5.32 Å². The van der Waals surface area contributed by atoms with E-state index in [-0.39, 0.29) is 5.91 Å². The van der Waals surface area contributed by atoms with Crippen LogP contribution in [0.3, 0.4) is 0 Å². The third kappa shape index (κ3) is 4.63. The summed E-state index contributed by atoms with van der Waals surface area (Å²) in [6.45, 7) is 9.08. The Bertz CT molecular complexity index is 443. The van der Waals surface area contributed by atoms with Gasteiger partial charge >= 0.3 is 0 Å². The number of amides is 1. The molecule has 0 aliphatic carbocycles. The van der Waals surface area contributed by atoms with Crippen molar-refractivity contribution in [3.05, 3.63) is 46.0 Å². The molecule has 1 N–H and O–H groups in total. The van der Waals surface area contributed by atoms with Crippen molar-refractivity contribution in [3.8, 4) is 0 Å². The smallest absolute Gasteiger partial charge is 0.251 e.